The van der Waals surface area contributed by atoms with E-state index in [9.17, 15) is 4.79 Å². The molecule has 1 aliphatic rings. The summed E-state index contributed by atoms with van der Waals surface area (Å²) < 4.78 is 12.5. The first-order valence-corrected chi connectivity index (χ1v) is 10.9. The highest BCUT2D eigenvalue weighted by atomic mass is 16.5. The Bertz CT molecular complexity index is 1400. The van der Waals surface area contributed by atoms with Gasteiger partial charge in [0, 0.05) is 29.9 Å². The lowest BCUT2D eigenvalue weighted by molar-refractivity contribution is -0.113. The molecule has 0 spiro atoms. The summed E-state index contributed by atoms with van der Waals surface area (Å²) in [6.45, 7) is 1.84. The third kappa shape index (κ3) is 4.17. The number of nitrogens with one attached hydrogen (secondary N) is 2. The van der Waals surface area contributed by atoms with E-state index in [2.05, 4.69) is 20.6 Å². The fourth-order valence-corrected chi connectivity index (χ4v) is 4.02. The van der Waals surface area contributed by atoms with Crippen molar-refractivity contribution in [2.24, 2.45) is 0 Å². The van der Waals surface area contributed by atoms with Crippen molar-refractivity contribution in [1.29, 1.82) is 0 Å². The number of benzene rings is 1. The van der Waals surface area contributed by atoms with Gasteiger partial charge in [0.15, 0.2) is 17.3 Å². The zero-order valence-electron chi connectivity index (χ0n) is 19.4. The number of methoxy groups -OCH3 is 2. The standard InChI is InChI=1S/C25H23N7O3/c1-15-21(24(33)29-18-7-5-11-27-14-18)22(17-6-4-10-26-13-17)32-25(28-15)30-23(31-32)16-8-9-19(34-2)20(12-16)35-3/h4-14,22H,1-3H3,(H,29,33)(H,28,30,31). The van der Waals surface area contributed by atoms with Gasteiger partial charge in [-0.05, 0) is 48.9 Å². The van der Waals surface area contributed by atoms with Gasteiger partial charge in [-0.25, -0.2) is 4.68 Å². The van der Waals surface area contributed by atoms with Crippen LogP contribution in [0.5, 0.6) is 11.5 Å². The molecule has 10 heteroatoms. The number of rotatable bonds is 6. The highest BCUT2D eigenvalue weighted by Gasteiger charge is 2.34. The first-order valence-electron chi connectivity index (χ1n) is 10.9. The fourth-order valence-electron chi connectivity index (χ4n) is 4.02. The van der Waals surface area contributed by atoms with E-state index >= 15 is 0 Å². The Morgan fingerprint density at radius 1 is 1.03 bits per heavy atom. The molecule has 4 aromatic rings. The van der Waals surface area contributed by atoms with Crippen molar-refractivity contribution in [3.63, 3.8) is 0 Å². The summed E-state index contributed by atoms with van der Waals surface area (Å²) in [4.78, 5) is 26.5. The molecule has 176 valence electrons. The van der Waals surface area contributed by atoms with Crippen LogP contribution in [-0.4, -0.2) is 44.9 Å². The number of allylic oxidation sites excluding steroid dienone is 1. The Morgan fingerprint density at radius 3 is 2.49 bits per heavy atom. The molecule has 5 rings (SSSR count). The number of anilines is 2. The molecular formula is C25H23N7O3. The van der Waals surface area contributed by atoms with E-state index < -0.39 is 6.04 Å². The average Bonchev–Trinajstić information content (AvgIpc) is 3.32. The van der Waals surface area contributed by atoms with Gasteiger partial charge in [-0.3, -0.25) is 14.8 Å². The molecule has 1 amide bonds. The quantitative estimate of drug-likeness (QED) is 0.439. The number of hydrogen-bond acceptors (Lipinski definition) is 8. The Kier molecular flexibility index (Phi) is 5.84. The summed E-state index contributed by atoms with van der Waals surface area (Å²) in [5.41, 5.74) is 3.31. The molecule has 3 aromatic heterocycles. The zero-order valence-corrected chi connectivity index (χ0v) is 19.4. The van der Waals surface area contributed by atoms with E-state index in [-0.39, 0.29) is 5.91 Å². The maximum atomic E-state index is 13.5. The number of nitrogens with zero attached hydrogens (tertiary/aromatic N) is 5. The van der Waals surface area contributed by atoms with Crippen LogP contribution in [0.1, 0.15) is 18.5 Å². The van der Waals surface area contributed by atoms with E-state index in [0.29, 0.717) is 40.2 Å². The van der Waals surface area contributed by atoms with Crippen LogP contribution in [-0.2, 0) is 4.79 Å². The van der Waals surface area contributed by atoms with Gasteiger partial charge >= 0.3 is 0 Å². The van der Waals surface area contributed by atoms with Crippen molar-refractivity contribution in [1.82, 2.24) is 24.7 Å². The predicted octanol–water partition coefficient (Wildman–Crippen LogP) is 3.68. The molecule has 0 radical (unpaired) electrons. The van der Waals surface area contributed by atoms with Crippen LogP contribution in [0, 0.1) is 0 Å². The van der Waals surface area contributed by atoms with Crippen molar-refractivity contribution in [2.45, 2.75) is 13.0 Å². The van der Waals surface area contributed by atoms with Crippen LogP contribution in [0.4, 0.5) is 11.6 Å². The molecule has 0 saturated heterocycles. The molecule has 0 bridgehead atoms. The number of aromatic nitrogens is 5. The van der Waals surface area contributed by atoms with Crippen molar-refractivity contribution in [2.75, 3.05) is 24.9 Å². The maximum Gasteiger partial charge on any atom is 0.255 e. The first kappa shape index (κ1) is 22.1. The third-order valence-electron chi connectivity index (χ3n) is 5.66. The van der Waals surface area contributed by atoms with Gasteiger partial charge in [0.2, 0.25) is 5.95 Å². The Hall–Kier alpha value is -4.73. The van der Waals surface area contributed by atoms with Gasteiger partial charge in [0.05, 0.1) is 31.7 Å². The number of ether oxygens (including phenoxy) is 2. The SMILES string of the molecule is COc1ccc(-c2nc3n(n2)C(c2cccnc2)C(C(=O)Nc2cccnc2)=C(C)N3)cc1OC. The van der Waals surface area contributed by atoms with E-state index in [0.717, 1.165) is 11.1 Å². The van der Waals surface area contributed by atoms with Crippen molar-refractivity contribution in [3.8, 4) is 22.9 Å². The molecule has 0 fully saturated rings. The lowest BCUT2D eigenvalue weighted by atomic mass is 9.96. The molecule has 1 atom stereocenters. The Balaban J connectivity index is 1.58. The Labute approximate surface area is 201 Å². The van der Waals surface area contributed by atoms with Crippen LogP contribution in [0.25, 0.3) is 11.4 Å². The van der Waals surface area contributed by atoms with Crippen LogP contribution in [0.2, 0.25) is 0 Å². The second-order valence-corrected chi connectivity index (χ2v) is 7.82. The number of carbonyl (C=O) groups excluding carboxylic acids is 1. The highest BCUT2D eigenvalue weighted by molar-refractivity contribution is 6.05. The lowest BCUT2D eigenvalue weighted by Crippen LogP contribution is -2.31. The molecule has 4 heterocycles. The lowest BCUT2D eigenvalue weighted by Gasteiger charge is -2.28. The minimum atomic E-state index is -0.544. The smallest absolute Gasteiger partial charge is 0.255 e. The minimum absolute atomic E-state index is 0.273. The number of pyridine rings is 2. The molecular weight excluding hydrogens is 446 g/mol. The summed E-state index contributed by atoms with van der Waals surface area (Å²) in [5.74, 6) is 1.90. The van der Waals surface area contributed by atoms with Crippen LogP contribution < -0.4 is 20.1 Å². The summed E-state index contributed by atoms with van der Waals surface area (Å²) in [5, 5.41) is 10.9. The van der Waals surface area contributed by atoms with Gasteiger partial charge in [0.1, 0.15) is 6.04 Å². The third-order valence-corrected chi connectivity index (χ3v) is 5.66. The van der Waals surface area contributed by atoms with Crippen LogP contribution in [0.15, 0.2) is 78.5 Å². The summed E-state index contributed by atoms with van der Waals surface area (Å²) in [7, 11) is 3.16. The molecule has 0 saturated carbocycles. The highest BCUT2D eigenvalue weighted by Crippen LogP contribution is 2.37. The number of amides is 1. The molecule has 1 aliphatic heterocycles. The minimum Gasteiger partial charge on any atom is -0.493 e. The fraction of sp³-hybridized carbons (Fsp3) is 0.160. The van der Waals surface area contributed by atoms with Crippen LogP contribution in [0.3, 0.4) is 0 Å². The number of carbonyl (C=O) groups is 1. The summed E-state index contributed by atoms with van der Waals surface area (Å²) in [6, 6.07) is 12.2. The molecule has 2 N–H and O–H groups in total. The van der Waals surface area contributed by atoms with E-state index in [4.69, 9.17) is 19.6 Å². The normalized spacial score (nSPS) is 14.7. The van der Waals surface area contributed by atoms with E-state index in [1.807, 2.05) is 31.2 Å². The molecule has 1 aromatic carbocycles. The van der Waals surface area contributed by atoms with Gasteiger partial charge < -0.3 is 20.1 Å². The average molecular weight is 470 g/mol. The van der Waals surface area contributed by atoms with Crippen molar-refractivity contribution < 1.29 is 14.3 Å². The molecule has 1 unspecified atom stereocenters. The second-order valence-electron chi connectivity index (χ2n) is 7.82. The summed E-state index contributed by atoms with van der Waals surface area (Å²) in [6.07, 6.45) is 6.66. The van der Waals surface area contributed by atoms with Crippen LogP contribution >= 0.6 is 0 Å². The van der Waals surface area contributed by atoms with E-state index in [1.54, 1.807) is 61.9 Å². The number of hydrogen-bond donors (Lipinski definition) is 2. The summed E-state index contributed by atoms with van der Waals surface area (Å²) >= 11 is 0. The Morgan fingerprint density at radius 2 is 1.80 bits per heavy atom. The topological polar surface area (TPSA) is 116 Å². The van der Waals surface area contributed by atoms with Gasteiger partial charge in [-0.1, -0.05) is 6.07 Å². The van der Waals surface area contributed by atoms with Gasteiger partial charge in [0.25, 0.3) is 5.91 Å². The monoisotopic (exact) mass is 469 g/mol. The zero-order chi connectivity index (χ0) is 24.4. The predicted molar refractivity (Wildman–Crippen MR) is 130 cm³/mol. The van der Waals surface area contributed by atoms with E-state index in [1.165, 1.54) is 0 Å². The maximum absolute atomic E-state index is 13.5. The molecule has 0 aliphatic carbocycles. The largest absolute Gasteiger partial charge is 0.493 e. The molecule has 35 heavy (non-hydrogen) atoms. The van der Waals surface area contributed by atoms with Gasteiger partial charge in [-0.15, -0.1) is 5.10 Å². The van der Waals surface area contributed by atoms with Crippen molar-refractivity contribution >= 4 is 17.5 Å². The van der Waals surface area contributed by atoms with Gasteiger partial charge in [-0.2, -0.15) is 4.98 Å². The second kappa shape index (κ2) is 9.26. The number of fused-ring (bicyclic) bond motifs is 1. The first-order chi connectivity index (χ1) is 17.1. The molecule has 10 nitrogen and oxygen atoms in total. The van der Waals surface area contributed by atoms with Crippen molar-refractivity contribution in [3.05, 3.63) is 84.1 Å².